The van der Waals surface area contributed by atoms with Gasteiger partial charge in [-0.3, -0.25) is 4.90 Å². The fraction of sp³-hybridized carbons (Fsp3) is 0.600. The third-order valence-electron chi connectivity index (χ3n) is 4.78. The molecule has 0 amide bonds. The van der Waals surface area contributed by atoms with E-state index in [1.54, 1.807) is 6.33 Å². The van der Waals surface area contributed by atoms with E-state index in [1.807, 2.05) is 0 Å². The first kappa shape index (κ1) is 13.0. The molecule has 0 bridgehead atoms. The number of fused-ring (bicyclic) bond motifs is 1. The fourth-order valence-electron chi connectivity index (χ4n) is 3.26. The Labute approximate surface area is 123 Å². The van der Waals surface area contributed by atoms with Gasteiger partial charge in [-0.25, -0.2) is 0 Å². The van der Waals surface area contributed by atoms with E-state index < -0.39 is 0 Å². The fourth-order valence-corrected chi connectivity index (χ4v) is 3.26. The molecule has 2 aliphatic rings. The zero-order chi connectivity index (χ0) is 14.4. The molecule has 0 radical (unpaired) electrons. The van der Waals surface area contributed by atoms with E-state index in [2.05, 4.69) is 38.7 Å². The summed E-state index contributed by atoms with van der Waals surface area (Å²) in [6.45, 7) is 5.46. The smallest absolute Gasteiger partial charge is 0.147 e. The Balaban J connectivity index is 1.53. The molecule has 1 aliphatic heterocycles. The van der Waals surface area contributed by atoms with Gasteiger partial charge in [0.2, 0.25) is 0 Å². The van der Waals surface area contributed by atoms with Gasteiger partial charge in [-0.15, -0.1) is 10.2 Å². The summed E-state index contributed by atoms with van der Waals surface area (Å²) >= 11 is 0. The van der Waals surface area contributed by atoms with E-state index in [4.69, 9.17) is 10.2 Å². The largest absolute Gasteiger partial charge is 0.464 e. The van der Waals surface area contributed by atoms with Crippen LogP contribution >= 0.6 is 0 Å². The van der Waals surface area contributed by atoms with Crippen molar-refractivity contribution < 1.29 is 4.42 Å². The first-order valence-electron chi connectivity index (χ1n) is 7.66. The first-order valence-corrected chi connectivity index (χ1v) is 7.66. The Kier molecular flexibility index (Phi) is 3.08. The predicted octanol–water partition coefficient (Wildman–Crippen LogP) is 1.51. The molecule has 0 spiro atoms. The summed E-state index contributed by atoms with van der Waals surface area (Å²) in [5, 5.41) is 8.14. The molecule has 6 nitrogen and oxygen atoms in total. The standard InChI is InChI=1S/C15H21N5O/c1-10-6-11(10)13-2-3-14(21-13)12(7-16)19-4-5-20-9-17-18-15(20)8-19/h2-3,9-12H,4-8,16H2,1H3. The molecule has 3 heterocycles. The van der Waals surface area contributed by atoms with Crippen LogP contribution in [0.2, 0.25) is 0 Å². The van der Waals surface area contributed by atoms with Gasteiger partial charge in [0.25, 0.3) is 0 Å². The molecular formula is C15H21N5O. The first-order chi connectivity index (χ1) is 10.3. The number of hydrogen-bond donors (Lipinski definition) is 1. The molecular weight excluding hydrogens is 266 g/mol. The van der Waals surface area contributed by atoms with E-state index in [1.165, 1.54) is 6.42 Å². The minimum atomic E-state index is 0.123. The Hall–Kier alpha value is -1.66. The highest BCUT2D eigenvalue weighted by Crippen LogP contribution is 2.47. The van der Waals surface area contributed by atoms with Crippen molar-refractivity contribution in [3.63, 3.8) is 0 Å². The second-order valence-electron chi connectivity index (χ2n) is 6.22. The molecule has 2 aromatic heterocycles. The lowest BCUT2D eigenvalue weighted by molar-refractivity contribution is 0.138. The van der Waals surface area contributed by atoms with Crippen LogP contribution in [0.15, 0.2) is 22.9 Å². The van der Waals surface area contributed by atoms with Crippen molar-refractivity contribution in [2.75, 3.05) is 13.1 Å². The Morgan fingerprint density at radius 3 is 3.05 bits per heavy atom. The monoisotopic (exact) mass is 287 g/mol. The van der Waals surface area contributed by atoms with Crippen LogP contribution in [0.1, 0.15) is 42.6 Å². The topological polar surface area (TPSA) is 73.1 Å². The highest BCUT2D eigenvalue weighted by atomic mass is 16.3. The van der Waals surface area contributed by atoms with Gasteiger partial charge >= 0.3 is 0 Å². The van der Waals surface area contributed by atoms with Crippen LogP contribution < -0.4 is 5.73 Å². The van der Waals surface area contributed by atoms with E-state index >= 15 is 0 Å². The highest BCUT2D eigenvalue weighted by molar-refractivity contribution is 5.19. The maximum atomic E-state index is 6.09. The summed E-state index contributed by atoms with van der Waals surface area (Å²) in [6, 6.07) is 4.34. The van der Waals surface area contributed by atoms with Crippen molar-refractivity contribution in [3.05, 3.63) is 35.8 Å². The quantitative estimate of drug-likeness (QED) is 0.922. The van der Waals surface area contributed by atoms with Crippen LogP contribution in [-0.2, 0) is 13.1 Å². The summed E-state index contributed by atoms with van der Waals surface area (Å²) in [4.78, 5) is 2.34. The maximum absolute atomic E-state index is 6.09. The molecule has 4 rings (SSSR count). The Morgan fingerprint density at radius 2 is 2.29 bits per heavy atom. The van der Waals surface area contributed by atoms with Crippen molar-refractivity contribution in [2.45, 2.75) is 38.4 Å². The molecule has 6 heteroatoms. The van der Waals surface area contributed by atoms with Gasteiger partial charge < -0.3 is 14.7 Å². The molecule has 0 saturated heterocycles. The van der Waals surface area contributed by atoms with Crippen molar-refractivity contribution in [2.24, 2.45) is 11.7 Å². The van der Waals surface area contributed by atoms with Crippen LogP contribution in [0, 0.1) is 5.92 Å². The predicted molar refractivity (Wildman–Crippen MR) is 77.5 cm³/mol. The lowest BCUT2D eigenvalue weighted by Crippen LogP contribution is -2.39. The average molecular weight is 287 g/mol. The molecule has 3 unspecified atom stereocenters. The minimum Gasteiger partial charge on any atom is -0.464 e. The van der Waals surface area contributed by atoms with Crippen LogP contribution in [0.5, 0.6) is 0 Å². The molecule has 1 saturated carbocycles. The number of hydrogen-bond acceptors (Lipinski definition) is 5. The second kappa shape index (κ2) is 4.96. The molecule has 1 fully saturated rings. The normalized spacial score (nSPS) is 26.6. The molecule has 1 aliphatic carbocycles. The van der Waals surface area contributed by atoms with Gasteiger partial charge in [0.15, 0.2) is 0 Å². The highest BCUT2D eigenvalue weighted by Gasteiger charge is 2.37. The van der Waals surface area contributed by atoms with Crippen molar-refractivity contribution in [3.8, 4) is 0 Å². The second-order valence-corrected chi connectivity index (χ2v) is 6.22. The summed E-state index contributed by atoms with van der Waals surface area (Å²) in [7, 11) is 0. The van der Waals surface area contributed by atoms with E-state index in [0.29, 0.717) is 12.5 Å². The van der Waals surface area contributed by atoms with E-state index in [0.717, 1.165) is 42.9 Å². The Morgan fingerprint density at radius 1 is 1.43 bits per heavy atom. The van der Waals surface area contributed by atoms with Crippen molar-refractivity contribution >= 4 is 0 Å². The number of aromatic nitrogens is 3. The molecule has 3 atom stereocenters. The van der Waals surface area contributed by atoms with Crippen LogP contribution in [0.4, 0.5) is 0 Å². The maximum Gasteiger partial charge on any atom is 0.147 e. The number of rotatable bonds is 4. The summed E-state index contributed by atoms with van der Waals surface area (Å²) in [5.74, 6) is 4.48. The van der Waals surface area contributed by atoms with E-state index in [-0.39, 0.29) is 6.04 Å². The minimum absolute atomic E-state index is 0.123. The number of nitrogens with zero attached hydrogens (tertiary/aromatic N) is 4. The average Bonchev–Trinajstić information content (AvgIpc) is 2.94. The van der Waals surface area contributed by atoms with Gasteiger partial charge in [0.1, 0.15) is 23.7 Å². The van der Waals surface area contributed by atoms with Crippen LogP contribution in [-0.4, -0.2) is 32.8 Å². The molecule has 2 N–H and O–H groups in total. The zero-order valence-corrected chi connectivity index (χ0v) is 12.3. The molecule has 112 valence electrons. The van der Waals surface area contributed by atoms with Crippen LogP contribution in [0.3, 0.4) is 0 Å². The van der Waals surface area contributed by atoms with Crippen molar-refractivity contribution in [1.82, 2.24) is 19.7 Å². The summed E-state index contributed by atoms with van der Waals surface area (Å²) in [5.41, 5.74) is 6.01. The summed E-state index contributed by atoms with van der Waals surface area (Å²) < 4.78 is 8.19. The van der Waals surface area contributed by atoms with Gasteiger partial charge in [-0.05, 0) is 24.5 Å². The van der Waals surface area contributed by atoms with Gasteiger partial charge in [0.05, 0.1) is 12.6 Å². The summed E-state index contributed by atoms with van der Waals surface area (Å²) in [6.07, 6.45) is 3.04. The molecule has 0 aromatic carbocycles. The zero-order valence-electron chi connectivity index (χ0n) is 12.3. The van der Waals surface area contributed by atoms with Crippen LogP contribution in [0.25, 0.3) is 0 Å². The lowest BCUT2D eigenvalue weighted by Gasteiger charge is -2.32. The third kappa shape index (κ3) is 2.28. The van der Waals surface area contributed by atoms with Gasteiger partial charge in [0, 0.05) is 25.6 Å². The van der Waals surface area contributed by atoms with E-state index in [9.17, 15) is 0 Å². The van der Waals surface area contributed by atoms with Gasteiger partial charge in [-0.1, -0.05) is 6.92 Å². The number of nitrogens with two attached hydrogens (primary N) is 1. The third-order valence-corrected chi connectivity index (χ3v) is 4.78. The lowest BCUT2D eigenvalue weighted by atomic mass is 10.1. The Bertz CT molecular complexity index is 634. The SMILES string of the molecule is CC1CC1c1ccc(C(CN)N2CCn3cnnc3C2)o1. The number of furan rings is 1. The van der Waals surface area contributed by atoms with Gasteiger partial charge in [-0.2, -0.15) is 0 Å². The van der Waals surface area contributed by atoms with Crippen molar-refractivity contribution in [1.29, 1.82) is 0 Å². The molecule has 21 heavy (non-hydrogen) atoms. The molecule has 2 aromatic rings.